The first kappa shape index (κ1) is 31.7. The van der Waals surface area contributed by atoms with Crippen molar-refractivity contribution in [2.75, 3.05) is 0 Å². The summed E-state index contributed by atoms with van der Waals surface area (Å²) < 4.78 is 0. The minimum absolute atomic E-state index is 0.0116. The summed E-state index contributed by atoms with van der Waals surface area (Å²) in [6.45, 7) is 0. The molecule has 14 nitrogen and oxygen atoms in total. The molecule has 2 aromatic carbocycles. The molecule has 0 bridgehead atoms. The van der Waals surface area contributed by atoms with Crippen LogP contribution in [0.4, 0.5) is 0 Å². The third-order valence-corrected chi connectivity index (χ3v) is 7.57. The van der Waals surface area contributed by atoms with Crippen molar-refractivity contribution in [2.45, 2.75) is 49.9 Å². The Kier molecular flexibility index (Phi) is 10.2. The Bertz CT molecular complexity index is 1750. The minimum atomic E-state index is -1.25. The first-order chi connectivity index (χ1) is 22.3. The van der Waals surface area contributed by atoms with E-state index in [2.05, 4.69) is 40.9 Å². The molecule has 5 aromatic rings. The van der Waals surface area contributed by atoms with Crippen molar-refractivity contribution < 1.29 is 24.3 Å². The number of hydrogen-bond donors (Lipinski definition) is 8. The van der Waals surface area contributed by atoms with Gasteiger partial charge in [-0.15, -0.1) is 0 Å². The standard InChI is InChI=1S/C32H35N9O5/c33-24(12-21-15-34-17-37-21)29(42)39-26(11-20-14-36-25-9-5-4-8-23(20)25)30(43)40-27(13-22-16-35-18-38-22)31(44)41-28(32(45)46)10-19-6-2-1-3-7-19/h1-9,14-18,24,26-28,36H,10-13,33H2,(H,34,37)(H,35,38)(H,39,42)(H,40,43)(H,41,44)(H,45,46). The molecule has 0 saturated heterocycles. The van der Waals surface area contributed by atoms with E-state index in [4.69, 9.17) is 5.73 Å². The fraction of sp³-hybridized carbons (Fsp3) is 0.250. The molecular weight excluding hydrogens is 590 g/mol. The molecule has 46 heavy (non-hydrogen) atoms. The molecule has 3 heterocycles. The van der Waals surface area contributed by atoms with Crippen LogP contribution in [0.3, 0.4) is 0 Å². The summed E-state index contributed by atoms with van der Waals surface area (Å²) in [7, 11) is 0. The number of hydrogen-bond acceptors (Lipinski definition) is 7. The smallest absolute Gasteiger partial charge is 0.326 e. The molecule has 0 aliphatic heterocycles. The number of nitrogens with zero attached hydrogens (tertiary/aromatic N) is 2. The molecule has 4 atom stereocenters. The summed E-state index contributed by atoms with van der Waals surface area (Å²) >= 11 is 0. The number of H-pyrrole nitrogens is 3. The molecule has 9 N–H and O–H groups in total. The molecule has 14 heteroatoms. The fourth-order valence-corrected chi connectivity index (χ4v) is 5.15. The average molecular weight is 626 g/mol. The molecule has 5 rings (SSSR count). The second-order valence-corrected chi connectivity index (χ2v) is 10.9. The number of carbonyl (C=O) groups excluding carboxylic acids is 3. The largest absolute Gasteiger partial charge is 0.480 e. The van der Waals surface area contributed by atoms with Crippen LogP contribution in [0.15, 0.2) is 85.8 Å². The summed E-state index contributed by atoms with van der Waals surface area (Å²) in [4.78, 5) is 69.8. The maximum Gasteiger partial charge on any atom is 0.326 e. The van der Waals surface area contributed by atoms with Gasteiger partial charge in [-0.3, -0.25) is 14.4 Å². The number of fused-ring (bicyclic) bond motifs is 1. The quantitative estimate of drug-likeness (QED) is 0.0827. The summed E-state index contributed by atoms with van der Waals surface area (Å²) in [5.74, 6) is -3.15. The molecule has 3 amide bonds. The monoisotopic (exact) mass is 625 g/mol. The highest BCUT2D eigenvalue weighted by molar-refractivity contribution is 5.95. The van der Waals surface area contributed by atoms with Gasteiger partial charge in [0.05, 0.1) is 18.7 Å². The minimum Gasteiger partial charge on any atom is -0.480 e. The number of benzene rings is 2. The SMILES string of the molecule is NC(Cc1cnc[nH]1)C(=O)NC(Cc1c[nH]c2ccccc12)C(=O)NC(Cc1cnc[nH]1)C(=O)NC(Cc1ccccc1)C(=O)O. The lowest BCUT2D eigenvalue weighted by atomic mass is 10.0. The molecule has 0 spiro atoms. The van der Waals surface area contributed by atoms with Crippen molar-refractivity contribution in [2.24, 2.45) is 5.73 Å². The second kappa shape index (κ2) is 14.8. The van der Waals surface area contributed by atoms with Crippen LogP contribution >= 0.6 is 0 Å². The predicted molar refractivity (Wildman–Crippen MR) is 168 cm³/mol. The molecule has 0 saturated carbocycles. The number of carbonyl (C=O) groups is 4. The number of para-hydroxylation sites is 1. The average Bonchev–Trinajstić information content (AvgIpc) is 3.84. The highest BCUT2D eigenvalue weighted by Gasteiger charge is 2.31. The van der Waals surface area contributed by atoms with Gasteiger partial charge in [0.2, 0.25) is 17.7 Å². The van der Waals surface area contributed by atoms with E-state index in [-0.39, 0.29) is 25.7 Å². The number of nitrogens with one attached hydrogen (secondary N) is 6. The lowest BCUT2D eigenvalue weighted by Crippen LogP contribution is -2.58. The van der Waals surface area contributed by atoms with Gasteiger partial charge in [-0.1, -0.05) is 48.5 Å². The summed E-state index contributed by atoms with van der Waals surface area (Å²) in [5.41, 5.74) is 9.71. The number of imidazole rings is 2. The van der Waals surface area contributed by atoms with Crippen LogP contribution in [0, 0.1) is 0 Å². The van der Waals surface area contributed by atoms with Gasteiger partial charge in [-0.05, 0) is 17.2 Å². The Morgan fingerprint density at radius 3 is 1.93 bits per heavy atom. The third kappa shape index (κ3) is 8.24. The molecular formula is C32H35N9O5. The van der Waals surface area contributed by atoms with Gasteiger partial charge in [-0.25, -0.2) is 14.8 Å². The van der Waals surface area contributed by atoms with Crippen molar-refractivity contribution >= 4 is 34.6 Å². The number of amides is 3. The van der Waals surface area contributed by atoms with E-state index in [1.807, 2.05) is 30.3 Å². The van der Waals surface area contributed by atoms with Crippen LogP contribution in [0.1, 0.15) is 22.5 Å². The van der Waals surface area contributed by atoms with Crippen LogP contribution in [-0.4, -0.2) is 77.9 Å². The van der Waals surface area contributed by atoms with E-state index in [9.17, 15) is 24.3 Å². The highest BCUT2D eigenvalue weighted by atomic mass is 16.4. The summed E-state index contributed by atoms with van der Waals surface area (Å²) in [6.07, 6.45) is 8.02. The Hall–Kier alpha value is -5.76. The van der Waals surface area contributed by atoms with Crippen molar-refractivity contribution in [3.8, 4) is 0 Å². The Morgan fingerprint density at radius 2 is 1.28 bits per heavy atom. The Balaban J connectivity index is 1.37. The number of carboxylic acids is 1. The molecule has 0 radical (unpaired) electrons. The lowest BCUT2D eigenvalue weighted by molar-refractivity contribution is -0.142. The van der Waals surface area contributed by atoms with Gasteiger partial charge in [-0.2, -0.15) is 0 Å². The van der Waals surface area contributed by atoms with Crippen LogP contribution in [0.2, 0.25) is 0 Å². The molecule has 238 valence electrons. The Labute approximate surface area is 263 Å². The van der Waals surface area contributed by atoms with E-state index in [0.29, 0.717) is 11.4 Å². The number of nitrogens with two attached hydrogens (primary N) is 1. The molecule has 0 fully saturated rings. The van der Waals surface area contributed by atoms with Crippen LogP contribution < -0.4 is 21.7 Å². The molecule has 4 unspecified atom stereocenters. The molecule has 3 aromatic heterocycles. The zero-order valence-electron chi connectivity index (χ0n) is 24.8. The fourth-order valence-electron chi connectivity index (χ4n) is 5.15. The number of carboxylic acid groups (broad SMARTS) is 1. The number of aromatic amines is 3. The lowest BCUT2D eigenvalue weighted by Gasteiger charge is -2.25. The zero-order valence-corrected chi connectivity index (χ0v) is 24.8. The van der Waals surface area contributed by atoms with Crippen LogP contribution in [-0.2, 0) is 44.9 Å². The van der Waals surface area contributed by atoms with E-state index >= 15 is 0 Å². The van der Waals surface area contributed by atoms with Gasteiger partial charge in [0.25, 0.3) is 0 Å². The highest BCUT2D eigenvalue weighted by Crippen LogP contribution is 2.19. The number of aliphatic carboxylic acids is 1. The van der Waals surface area contributed by atoms with Gasteiger partial charge in [0.1, 0.15) is 18.1 Å². The van der Waals surface area contributed by atoms with Crippen LogP contribution in [0.5, 0.6) is 0 Å². The third-order valence-electron chi connectivity index (χ3n) is 7.57. The number of aromatic nitrogens is 5. The van der Waals surface area contributed by atoms with Gasteiger partial charge >= 0.3 is 5.97 Å². The second-order valence-electron chi connectivity index (χ2n) is 10.9. The predicted octanol–water partition coefficient (Wildman–Crippen LogP) is 0.751. The first-order valence-corrected chi connectivity index (χ1v) is 14.7. The topological polar surface area (TPSA) is 224 Å². The summed E-state index contributed by atoms with van der Waals surface area (Å²) in [6, 6.07) is 11.9. The number of rotatable bonds is 15. The van der Waals surface area contributed by atoms with Gasteiger partial charge in [0, 0.05) is 66.6 Å². The van der Waals surface area contributed by atoms with E-state index in [0.717, 1.165) is 22.0 Å². The van der Waals surface area contributed by atoms with E-state index < -0.39 is 47.9 Å². The van der Waals surface area contributed by atoms with Crippen LogP contribution in [0.25, 0.3) is 10.9 Å². The van der Waals surface area contributed by atoms with Gasteiger partial charge in [0.15, 0.2) is 0 Å². The van der Waals surface area contributed by atoms with E-state index in [1.54, 1.807) is 36.7 Å². The van der Waals surface area contributed by atoms with Crippen molar-refractivity contribution in [3.63, 3.8) is 0 Å². The van der Waals surface area contributed by atoms with Crippen molar-refractivity contribution in [1.29, 1.82) is 0 Å². The first-order valence-electron chi connectivity index (χ1n) is 14.7. The molecule has 0 aliphatic carbocycles. The maximum atomic E-state index is 13.9. The van der Waals surface area contributed by atoms with Crippen molar-refractivity contribution in [1.82, 2.24) is 40.9 Å². The molecule has 0 aliphatic rings. The zero-order chi connectivity index (χ0) is 32.5. The summed E-state index contributed by atoms with van der Waals surface area (Å²) in [5, 5.41) is 18.8. The van der Waals surface area contributed by atoms with Crippen molar-refractivity contribution in [3.05, 3.63) is 108 Å². The normalized spacial score (nSPS) is 13.8. The van der Waals surface area contributed by atoms with E-state index in [1.165, 1.54) is 18.9 Å². The maximum absolute atomic E-state index is 13.9. The Morgan fingerprint density at radius 1 is 0.696 bits per heavy atom. The van der Waals surface area contributed by atoms with Gasteiger partial charge < -0.3 is 41.7 Å².